The van der Waals surface area contributed by atoms with E-state index >= 15 is 0 Å². The van der Waals surface area contributed by atoms with Crippen LogP contribution < -0.4 is 10.6 Å². The van der Waals surface area contributed by atoms with Gasteiger partial charge in [-0.15, -0.1) is 12.4 Å². The maximum atomic E-state index is 12.2. The van der Waals surface area contributed by atoms with E-state index in [1.807, 2.05) is 31.4 Å². The van der Waals surface area contributed by atoms with Crippen molar-refractivity contribution in [1.82, 2.24) is 20.4 Å². The smallest absolute Gasteiger partial charge is 0.242 e. The third-order valence-electron chi connectivity index (χ3n) is 2.96. The largest absolute Gasteiger partial charge is 0.350 e. The van der Waals surface area contributed by atoms with Crippen LogP contribution in [0.5, 0.6) is 0 Å². The van der Waals surface area contributed by atoms with E-state index < -0.39 is 6.04 Å². The molecule has 5 nitrogen and oxygen atoms in total. The molecule has 0 bridgehead atoms. The van der Waals surface area contributed by atoms with Crippen LogP contribution in [-0.4, -0.2) is 22.7 Å². The summed E-state index contributed by atoms with van der Waals surface area (Å²) in [5, 5.41) is 10.6. The van der Waals surface area contributed by atoms with Gasteiger partial charge in [0.05, 0.1) is 6.20 Å². The number of benzene rings is 1. The van der Waals surface area contributed by atoms with Crippen molar-refractivity contribution in [3.05, 3.63) is 52.8 Å². The summed E-state index contributed by atoms with van der Waals surface area (Å²) in [4.78, 5) is 12.2. The van der Waals surface area contributed by atoms with Crippen molar-refractivity contribution in [3.8, 4) is 0 Å². The Bertz CT molecular complexity index is 600. The Kier molecular flexibility index (Phi) is 6.68. The Balaban J connectivity index is 0.00000220. The summed E-state index contributed by atoms with van der Waals surface area (Å²) in [7, 11) is 3.57. The van der Waals surface area contributed by atoms with E-state index in [2.05, 4.69) is 15.7 Å². The lowest BCUT2D eigenvalue weighted by atomic mass is 10.1. The van der Waals surface area contributed by atoms with Crippen molar-refractivity contribution in [2.45, 2.75) is 12.6 Å². The number of nitrogens with zero attached hydrogens (tertiary/aromatic N) is 2. The van der Waals surface area contributed by atoms with Gasteiger partial charge in [-0.05, 0) is 24.7 Å². The van der Waals surface area contributed by atoms with E-state index in [0.717, 1.165) is 11.1 Å². The lowest BCUT2D eigenvalue weighted by molar-refractivity contribution is -0.123. The van der Waals surface area contributed by atoms with Crippen molar-refractivity contribution in [1.29, 1.82) is 0 Å². The third kappa shape index (κ3) is 4.74. The summed E-state index contributed by atoms with van der Waals surface area (Å²) < 4.78 is 1.67. The molecule has 0 aliphatic rings. The number of likely N-dealkylation sites (N-methyl/N-ethyl adjacent to an activating group) is 1. The van der Waals surface area contributed by atoms with Crippen LogP contribution in [0.3, 0.4) is 0 Å². The third-order valence-corrected chi connectivity index (χ3v) is 3.20. The van der Waals surface area contributed by atoms with Gasteiger partial charge < -0.3 is 10.6 Å². The minimum Gasteiger partial charge on any atom is -0.350 e. The second-order valence-electron chi connectivity index (χ2n) is 4.52. The van der Waals surface area contributed by atoms with E-state index in [-0.39, 0.29) is 18.3 Å². The van der Waals surface area contributed by atoms with Crippen LogP contribution in [-0.2, 0) is 18.4 Å². The van der Waals surface area contributed by atoms with Crippen LogP contribution in [0.2, 0.25) is 5.02 Å². The summed E-state index contributed by atoms with van der Waals surface area (Å²) in [6.45, 7) is 0.442. The topological polar surface area (TPSA) is 59.0 Å². The van der Waals surface area contributed by atoms with Crippen molar-refractivity contribution in [3.63, 3.8) is 0 Å². The normalized spacial score (nSPS) is 11.6. The molecule has 0 radical (unpaired) electrons. The van der Waals surface area contributed by atoms with E-state index in [9.17, 15) is 4.79 Å². The Hall–Kier alpha value is -1.56. The molecule has 2 N–H and O–H groups in total. The van der Waals surface area contributed by atoms with Crippen LogP contribution in [0, 0.1) is 0 Å². The van der Waals surface area contributed by atoms with Gasteiger partial charge >= 0.3 is 0 Å². The van der Waals surface area contributed by atoms with Crippen LogP contribution in [0.1, 0.15) is 17.2 Å². The summed E-state index contributed by atoms with van der Waals surface area (Å²) >= 11 is 5.91. The molecule has 2 aromatic rings. The zero-order valence-corrected chi connectivity index (χ0v) is 13.4. The average molecular weight is 329 g/mol. The number of carbonyl (C=O) groups excluding carboxylic acids is 1. The fourth-order valence-electron chi connectivity index (χ4n) is 1.98. The molecule has 1 amide bonds. The van der Waals surface area contributed by atoms with E-state index in [1.165, 1.54) is 0 Å². The minimum absolute atomic E-state index is 0. The Morgan fingerprint density at radius 3 is 2.81 bits per heavy atom. The second kappa shape index (κ2) is 8.02. The van der Waals surface area contributed by atoms with E-state index in [0.29, 0.717) is 11.6 Å². The van der Waals surface area contributed by atoms with Gasteiger partial charge in [0, 0.05) is 30.4 Å². The molecule has 0 saturated heterocycles. The van der Waals surface area contributed by atoms with Gasteiger partial charge in [0.1, 0.15) is 6.04 Å². The predicted octanol–water partition coefficient (Wildman–Crippen LogP) is 2.07. The zero-order chi connectivity index (χ0) is 14.5. The molecule has 1 atom stereocenters. The molecule has 7 heteroatoms. The highest BCUT2D eigenvalue weighted by Gasteiger charge is 2.19. The molecule has 114 valence electrons. The molecule has 0 aliphatic heterocycles. The maximum Gasteiger partial charge on any atom is 0.242 e. The fraction of sp³-hybridized carbons (Fsp3) is 0.286. The summed E-state index contributed by atoms with van der Waals surface area (Å²) in [5.41, 5.74) is 1.80. The van der Waals surface area contributed by atoms with Gasteiger partial charge in [0.2, 0.25) is 5.91 Å². The van der Waals surface area contributed by atoms with Crippen molar-refractivity contribution in [2.24, 2.45) is 7.05 Å². The fourth-order valence-corrected chi connectivity index (χ4v) is 2.19. The van der Waals surface area contributed by atoms with Gasteiger partial charge in [0.15, 0.2) is 0 Å². The van der Waals surface area contributed by atoms with Crippen LogP contribution in [0.25, 0.3) is 0 Å². The molecule has 1 unspecified atom stereocenters. The van der Waals surface area contributed by atoms with Crippen LogP contribution in [0.4, 0.5) is 0 Å². The van der Waals surface area contributed by atoms with Crippen molar-refractivity contribution < 1.29 is 4.79 Å². The van der Waals surface area contributed by atoms with E-state index in [4.69, 9.17) is 11.6 Å². The predicted molar refractivity (Wildman–Crippen MR) is 85.6 cm³/mol. The second-order valence-corrected chi connectivity index (χ2v) is 4.95. The lowest BCUT2D eigenvalue weighted by Gasteiger charge is -2.14. The molecular formula is C14H18Cl2N4O. The maximum absolute atomic E-state index is 12.2. The van der Waals surface area contributed by atoms with Gasteiger partial charge in [-0.25, -0.2) is 0 Å². The molecule has 1 aromatic carbocycles. The van der Waals surface area contributed by atoms with Crippen LogP contribution in [0.15, 0.2) is 36.7 Å². The first kappa shape index (κ1) is 17.5. The molecule has 2 rings (SSSR count). The molecule has 1 heterocycles. The highest BCUT2D eigenvalue weighted by molar-refractivity contribution is 6.30. The minimum atomic E-state index is -0.414. The summed E-state index contributed by atoms with van der Waals surface area (Å²) in [6, 6.07) is 7.01. The number of aryl methyl sites for hydroxylation is 1. The quantitative estimate of drug-likeness (QED) is 0.883. The van der Waals surface area contributed by atoms with Gasteiger partial charge in [0.25, 0.3) is 0 Å². The number of halogens is 2. The molecule has 0 saturated carbocycles. The first-order valence-corrected chi connectivity index (χ1v) is 6.66. The van der Waals surface area contributed by atoms with E-state index in [1.54, 1.807) is 24.0 Å². The number of nitrogens with one attached hydrogen (secondary N) is 2. The number of carbonyl (C=O) groups is 1. The van der Waals surface area contributed by atoms with Crippen LogP contribution >= 0.6 is 24.0 Å². The highest BCUT2D eigenvalue weighted by atomic mass is 35.5. The van der Waals surface area contributed by atoms with Gasteiger partial charge in [-0.1, -0.05) is 23.7 Å². The Morgan fingerprint density at radius 1 is 1.48 bits per heavy atom. The Morgan fingerprint density at radius 2 is 2.24 bits per heavy atom. The van der Waals surface area contributed by atoms with Crippen molar-refractivity contribution >= 4 is 29.9 Å². The van der Waals surface area contributed by atoms with Gasteiger partial charge in [-0.2, -0.15) is 5.10 Å². The van der Waals surface area contributed by atoms with Gasteiger partial charge in [-0.3, -0.25) is 9.48 Å². The highest BCUT2D eigenvalue weighted by Crippen LogP contribution is 2.13. The SMILES string of the molecule is CNC(C(=O)NCc1cccc(Cl)c1)c1cnn(C)c1.Cl. The molecular weight excluding hydrogens is 311 g/mol. The average Bonchev–Trinajstić information content (AvgIpc) is 2.84. The number of amides is 1. The monoisotopic (exact) mass is 328 g/mol. The first-order valence-electron chi connectivity index (χ1n) is 6.28. The summed E-state index contributed by atoms with van der Waals surface area (Å²) in [6.07, 6.45) is 3.50. The summed E-state index contributed by atoms with van der Waals surface area (Å²) in [5.74, 6) is -0.0968. The standard InChI is InChI=1S/C14H17ClN4O.ClH/c1-16-13(11-8-18-19(2)9-11)14(20)17-7-10-4-3-5-12(15)6-10;/h3-6,8-9,13,16H,7H2,1-2H3,(H,17,20);1H. The number of hydrogen-bond acceptors (Lipinski definition) is 3. The molecule has 21 heavy (non-hydrogen) atoms. The molecule has 1 aromatic heterocycles. The number of hydrogen-bond donors (Lipinski definition) is 2. The Labute approximate surface area is 135 Å². The molecule has 0 aliphatic carbocycles. The number of rotatable bonds is 5. The molecule has 0 fully saturated rings. The molecule has 0 spiro atoms. The van der Waals surface area contributed by atoms with Crippen molar-refractivity contribution in [2.75, 3.05) is 7.05 Å². The first-order chi connectivity index (χ1) is 9.60. The number of aromatic nitrogens is 2. The lowest BCUT2D eigenvalue weighted by Crippen LogP contribution is -2.35. The zero-order valence-electron chi connectivity index (χ0n) is 11.8.